The molecule has 1 heterocycles. The number of halogens is 1. The van der Waals surface area contributed by atoms with Crippen LogP contribution in [0.25, 0.3) is 0 Å². The van der Waals surface area contributed by atoms with Gasteiger partial charge in [-0.3, -0.25) is 4.79 Å². The van der Waals surface area contributed by atoms with E-state index >= 15 is 0 Å². The van der Waals surface area contributed by atoms with Crippen molar-refractivity contribution < 1.29 is 13.9 Å². The van der Waals surface area contributed by atoms with Gasteiger partial charge in [0.1, 0.15) is 17.3 Å². The van der Waals surface area contributed by atoms with Gasteiger partial charge in [0.15, 0.2) is 0 Å². The lowest BCUT2D eigenvalue weighted by molar-refractivity contribution is 0.102. The van der Waals surface area contributed by atoms with Crippen molar-refractivity contribution in [2.75, 3.05) is 17.2 Å². The first-order valence-electron chi connectivity index (χ1n) is 8.63. The summed E-state index contributed by atoms with van der Waals surface area (Å²) in [6.07, 6.45) is 1.55. The Morgan fingerprint density at radius 2 is 1.78 bits per heavy atom. The first kappa shape index (κ1) is 18.4. The number of benzene rings is 2. The molecule has 3 aromatic rings. The number of ether oxygens (including phenoxy) is 1. The van der Waals surface area contributed by atoms with Crippen LogP contribution in [0.4, 0.5) is 15.8 Å². The molecule has 0 spiro atoms. The average Bonchev–Trinajstić information content (AvgIpc) is 2.69. The summed E-state index contributed by atoms with van der Waals surface area (Å²) in [6, 6.07) is 17.1. The standard InChI is InChI=1S/C21H20FN3O2/c1-2-27-18-10-7-16(8-11-18)25-21(26)20-12-9-17(14-24-20)23-13-15-5-3-4-6-19(15)22/h3-12,14,23H,2,13H2,1H3,(H,25,26). The van der Waals surface area contributed by atoms with E-state index in [4.69, 9.17) is 4.74 Å². The SMILES string of the molecule is CCOc1ccc(NC(=O)c2ccc(NCc3ccccc3F)cn2)cc1. The van der Waals surface area contributed by atoms with Crippen LogP contribution in [0.3, 0.4) is 0 Å². The number of rotatable bonds is 7. The molecular weight excluding hydrogens is 345 g/mol. The molecule has 0 aliphatic heterocycles. The van der Waals surface area contributed by atoms with Crippen LogP contribution in [0, 0.1) is 5.82 Å². The number of carbonyl (C=O) groups is 1. The van der Waals surface area contributed by atoms with Gasteiger partial charge < -0.3 is 15.4 Å². The highest BCUT2D eigenvalue weighted by Crippen LogP contribution is 2.17. The Balaban J connectivity index is 1.57. The van der Waals surface area contributed by atoms with E-state index < -0.39 is 0 Å². The number of anilines is 2. The van der Waals surface area contributed by atoms with E-state index in [-0.39, 0.29) is 11.7 Å². The summed E-state index contributed by atoms with van der Waals surface area (Å²) in [6.45, 7) is 2.84. The number of amides is 1. The first-order valence-corrected chi connectivity index (χ1v) is 8.63. The largest absolute Gasteiger partial charge is 0.494 e. The van der Waals surface area contributed by atoms with Gasteiger partial charge in [-0.1, -0.05) is 18.2 Å². The molecule has 0 aliphatic carbocycles. The van der Waals surface area contributed by atoms with Crippen molar-refractivity contribution in [1.82, 2.24) is 4.98 Å². The fourth-order valence-corrected chi connectivity index (χ4v) is 2.47. The summed E-state index contributed by atoms with van der Waals surface area (Å²) in [5.74, 6) is 0.183. The zero-order valence-electron chi connectivity index (χ0n) is 14.9. The van der Waals surface area contributed by atoms with Gasteiger partial charge >= 0.3 is 0 Å². The fourth-order valence-electron chi connectivity index (χ4n) is 2.47. The molecule has 0 saturated carbocycles. The molecule has 0 saturated heterocycles. The summed E-state index contributed by atoms with van der Waals surface area (Å²) in [4.78, 5) is 16.4. The predicted octanol–water partition coefficient (Wildman–Crippen LogP) is 4.48. The lowest BCUT2D eigenvalue weighted by Crippen LogP contribution is -2.13. The molecule has 3 rings (SSSR count). The Kier molecular flexibility index (Phi) is 5.99. The maximum absolute atomic E-state index is 13.6. The summed E-state index contributed by atoms with van der Waals surface area (Å²) in [7, 11) is 0. The van der Waals surface area contributed by atoms with Crippen molar-refractivity contribution >= 4 is 17.3 Å². The smallest absolute Gasteiger partial charge is 0.274 e. The van der Waals surface area contributed by atoms with E-state index in [1.165, 1.54) is 6.07 Å². The number of nitrogens with one attached hydrogen (secondary N) is 2. The zero-order chi connectivity index (χ0) is 19.1. The van der Waals surface area contributed by atoms with Crippen LogP contribution < -0.4 is 15.4 Å². The van der Waals surface area contributed by atoms with E-state index in [9.17, 15) is 9.18 Å². The molecule has 6 heteroatoms. The van der Waals surface area contributed by atoms with Crippen molar-refractivity contribution in [2.24, 2.45) is 0 Å². The molecule has 0 atom stereocenters. The second kappa shape index (κ2) is 8.80. The van der Waals surface area contributed by atoms with Crippen LogP contribution in [-0.2, 0) is 6.54 Å². The molecule has 0 fully saturated rings. The number of carbonyl (C=O) groups excluding carboxylic acids is 1. The van der Waals surface area contributed by atoms with Crippen LogP contribution in [0.5, 0.6) is 5.75 Å². The van der Waals surface area contributed by atoms with E-state index in [1.807, 2.05) is 6.92 Å². The minimum atomic E-state index is -0.306. The van der Waals surface area contributed by atoms with Gasteiger partial charge in [-0.2, -0.15) is 0 Å². The number of nitrogens with zero attached hydrogens (tertiary/aromatic N) is 1. The lowest BCUT2D eigenvalue weighted by atomic mass is 10.2. The second-order valence-corrected chi connectivity index (χ2v) is 5.79. The number of aromatic nitrogens is 1. The molecule has 2 N–H and O–H groups in total. The van der Waals surface area contributed by atoms with E-state index in [1.54, 1.807) is 60.8 Å². The summed E-state index contributed by atoms with van der Waals surface area (Å²) < 4.78 is 19.0. The average molecular weight is 365 g/mol. The molecular formula is C21H20FN3O2. The van der Waals surface area contributed by atoms with Crippen molar-refractivity contribution in [1.29, 1.82) is 0 Å². The summed E-state index contributed by atoms with van der Waals surface area (Å²) in [5.41, 5.74) is 2.22. The number of pyridine rings is 1. The van der Waals surface area contributed by atoms with Gasteiger partial charge in [-0.15, -0.1) is 0 Å². The molecule has 2 aromatic carbocycles. The second-order valence-electron chi connectivity index (χ2n) is 5.79. The van der Waals surface area contributed by atoms with E-state index in [0.717, 1.165) is 5.75 Å². The summed E-state index contributed by atoms with van der Waals surface area (Å²) in [5, 5.41) is 5.87. The highest BCUT2D eigenvalue weighted by molar-refractivity contribution is 6.02. The molecule has 0 bridgehead atoms. The molecule has 5 nitrogen and oxygen atoms in total. The molecule has 0 aliphatic rings. The Bertz CT molecular complexity index is 896. The van der Waals surface area contributed by atoms with Crippen molar-refractivity contribution in [2.45, 2.75) is 13.5 Å². The molecule has 1 amide bonds. The molecule has 0 unspecified atom stereocenters. The van der Waals surface area contributed by atoms with Gasteiger partial charge in [-0.25, -0.2) is 9.37 Å². The van der Waals surface area contributed by atoms with Gasteiger partial charge in [0, 0.05) is 17.8 Å². The van der Waals surface area contributed by atoms with Crippen LogP contribution in [-0.4, -0.2) is 17.5 Å². The Morgan fingerprint density at radius 1 is 1.04 bits per heavy atom. The van der Waals surface area contributed by atoms with Crippen LogP contribution >= 0.6 is 0 Å². The Morgan fingerprint density at radius 3 is 2.44 bits per heavy atom. The molecule has 138 valence electrons. The maximum Gasteiger partial charge on any atom is 0.274 e. The van der Waals surface area contributed by atoms with Gasteiger partial charge in [0.2, 0.25) is 0 Å². The fraction of sp³-hybridized carbons (Fsp3) is 0.143. The lowest BCUT2D eigenvalue weighted by Gasteiger charge is -2.09. The minimum Gasteiger partial charge on any atom is -0.494 e. The first-order chi connectivity index (χ1) is 13.2. The Labute approximate surface area is 157 Å². The predicted molar refractivity (Wildman–Crippen MR) is 104 cm³/mol. The van der Waals surface area contributed by atoms with E-state index in [0.29, 0.717) is 35.8 Å². The minimum absolute atomic E-state index is 0.260. The highest BCUT2D eigenvalue weighted by atomic mass is 19.1. The normalized spacial score (nSPS) is 10.3. The molecule has 1 aromatic heterocycles. The number of hydrogen-bond acceptors (Lipinski definition) is 4. The van der Waals surface area contributed by atoms with Gasteiger partial charge in [-0.05, 0) is 49.4 Å². The van der Waals surface area contributed by atoms with Crippen LogP contribution in [0.15, 0.2) is 66.9 Å². The monoisotopic (exact) mass is 365 g/mol. The third-order valence-corrected chi connectivity index (χ3v) is 3.86. The summed E-state index contributed by atoms with van der Waals surface area (Å²) >= 11 is 0. The van der Waals surface area contributed by atoms with E-state index in [2.05, 4.69) is 15.6 Å². The van der Waals surface area contributed by atoms with Gasteiger partial charge in [0.25, 0.3) is 5.91 Å². The quantitative estimate of drug-likeness (QED) is 0.648. The maximum atomic E-state index is 13.6. The van der Waals surface area contributed by atoms with Crippen molar-refractivity contribution in [3.8, 4) is 5.75 Å². The van der Waals surface area contributed by atoms with Gasteiger partial charge in [0.05, 0.1) is 18.5 Å². The van der Waals surface area contributed by atoms with Crippen molar-refractivity contribution in [3.05, 3.63) is 83.9 Å². The third-order valence-electron chi connectivity index (χ3n) is 3.86. The Hall–Kier alpha value is -3.41. The zero-order valence-corrected chi connectivity index (χ0v) is 14.9. The topological polar surface area (TPSA) is 63.2 Å². The number of hydrogen-bond donors (Lipinski definition) is 2. The molecule has 27 heavy (non-hydrogen) atoms. The highest BCUT2D eigenvalue weighted by Gasteiger charge is 2.08. The van der Waals surface area contributed by atoms with Crippen molar-refractivity contribution in [3.63, 3.8) is 0 Å². The van der Waals surface area contributed by atoms with Crippen LogP contribution in [0.1, 0.15) is 23.0 Å². The molecule has 0 radical (unpaired) electrons. The third kappa shape index (κ3) is 5.04. The van der Waals surface area contributed by atoms with Crippen LogP contribution in [0.2, 0.25) is 0 Å².